The lowest BCUT2D eigenvalue weighted by molar-refractivity contribution is 0.381. The lowest BCUT2D eigenvalue weighted by Gasteiger charge is -2.32. The van der Waals surface area contributed by atoms with Crippen molar-refractivity contribution in [1.29, 1.82) is 0 Å². The van der Waals surface area contributed by atoms with Crippen molar-refractivity contribution in [3.8, 4) is 5.69 Å². The molecule has 3 heterocycles. The van der Waals surface area contributed by atoms with Crippen molar-refractivity contribution in [3.05, 3.63) is 175 Å². The zero-order valence-corrected chi connectivity index (χ0v) is 26.9. The molecule has 7 aromatic carbocycles. The Hall–Kier alpha value is -6.46. The first-order valence-corrected chi connectivity index (χ1v) is 16.7. The molecule has 0 N–H and O–H groups in total. The number of amidine groups is 1. The standard InChI is InChI=1S/C44H31N5/c1-47-42(29-17-5-2-6-18-29)45-44(46-43(47)30-19-7-3-8-20-30)49-37-28-16-14-26-35(37)39-33-24-12-11-23-32(33)38-34-25-13-15-27-36(34)48(40(38)41(39)49)31-21-9-4-10-22-31/h2-28,42H,1H3. The molecule has 1 aliphatic heterocycles. The van der Waals surface area contributed by atoms with Crippen LogP contribution >= 0.6 is 0 Å². The number of para-hydroxylation sites is 3. The highest BCUT2D eigenvalue weighted by molar-refractivity contribution is 6.37. The molecule has 5 heteroatoms. The Morgan fingerprint density at radius 1 is 0.469 bits per heavy atom. The van der Waals surface area contributed by atoms with E-state index in [1.165, 1.54) is 37.8 Å². The third-order valence-electron chi connectivity index (χ3n) is 9.93. The fraction of sp³-hybridized carbons (Fsp3) is 0.0455. The third-order valence-corrected chi connectivity index (χ3v) is 9.93. The number of rotatable bonds is 3. The Morgan fingerprint density at radius 2 is 0.939 bits per heavy atom. The van der Waals surface area contributed by atoms with Gasteiger partial charge in [0.05, 0.1) is 22.1 Å². The first-order valence-electron chi connectivity index (χ1n) is 16.7. The monoisotopic (exact) mass is 629 g/mol. The largest absolute Gasteiger partial charge is 0.333 e. The first kappa shape index (κ1) is 27.6. The molecule has 1 unspecified atom stereocenters. The maximum atomic E-state index is 5.50. The van der Waals surface area contributed by atoms with E-state index < -0.39 is 0 Å². The summed E-state index contributed by atoms with van der Waals surface area (Å²) in [5, 5.41) is 7.28. The number of aliphatic imine (C=N–C) groups is 2. The van der Waals surface area contributed by atoms with Crippen LogP contribution in [-0.2, 0) is 0 Å². The average Bonchev–Trinajstić information content (AvgIpc) is 3.70. The van der Waals surface area contributed by atoms with Crippen LogP contribution in [0.25, 0.3) is 60.1 Å². The van der Waals surface area contributed by atoms with Gasteiger partial charge < -0.3 is 9.47 Å². The zero-order valence-electron chi connectivity index (χ0n) is 26.9. The molecular weight excluding hydrogens is 599 g/mol. The van der Waals surface area contributed by atoms with Crippen LogP contribution in [-0.4, -0.2) is 32.9 Å². The van der Waals surface area contributed by atoms with Gasteiger partial charge in [0.1, 0.15) is 5.84 Å². The van der Waals surface area contributed by atoms with Crippen LogP contribution in [0.1, 0.15) is 17.3 Å². The van der Waals surface area contributed by atoms with Gasteiger partial charge in [-0.2, -0.15) is 4.99 Å². The quantitative estimate of drug-likeness (QED) is 0.192. The minimum Gasteiger partial charge on any atom is -0.333 e. The first-order chi connectivity index (χ1) is 24.3. The Balaban J connectivity index is 1.44. The predicted molar refractivity (Wildman–Crippen MR) is 204 cm³/mol. The second-order valence-electron chi connectivity index (χ2n) is 12.7. The number of fused-ring (bicyclic) bond motifs is 10. The highest BCUT2D eigenvalue weighted by Gasteiger charge is 2.30. The average molecular weight is 630 g/mol. The number of nitrogens with zero attached hydrogens (tertiary/aromatic N) is 5. The summed E-state index contributed by atoms with van der Waals surface area (Å²) in [5.41, 5.74) is 7.76. The zero-order chi connectivity index (χ0) is 32.5. The predicted octanol–water partition coefficient (Wildman–Crippen LogP) is 10.3. The van der Waals surface area contributed by atoms with E-state index in [0.717, 1.165) is 39.2 Å². The summed E-state index contributed by atoms with van der Waals surface area (Å²) in [6, 6.07) is 58.0. The molecule has 10 rings (SSSR count). The van der Waals surface area contributed by atoms with Gasteiger partial charge in [-0.25, -0.2) is 4.99 Å². The van der Waals surface area contributed by atoms with E-state index in [0.29, 0.717) is 5.96 Å². The molecule has 1 aliphatic rings. The summed E-state index contributed by atoms with van der Waals surface area (Å²) < 4.78 is 4.75. The van der Waals surface area contributed by atoms with Crippen molar-refractivity contribution in [3.63, 3.8) is 0 Å². The van der Waals surface area contributed by atoms with E-state index in [-0.39, 0.29) is 6.17 Å². The summed E-state index contributed by atoms with van der Waals surface area (Å²) >= 11 is 0. The molecule has 232 valence electrons. The molecule has 0 saturated carbocycles. The van der Waals surface area contributed by atoms with E-state index in [4.69, 9.17) is 9.98 Å². The fourth-order valence-electron chi connectivity index (χ4n) is 7.85. The van der Waals surface area contributed by atoms with Crippen LogP contribution in [0.15, 0.2) is 174 Å². The normalized spacial score (nSPS) is 15.0. The third kappa shape index (κ3) is 4.06. The molecular formula is C44H31N5. The molecule has 2 aromatic heterocycles. The molecule has 0 spiro atoms. The van der Waals surface area contributed by atoms with E-state index in [1.54, 1.807) is 0 Å². The molecule has 1 atom stereocenters. The Kier molecular flexibility index (Phi) is 6.09. The van der Waals surface area contributed by atoms with Gasteiger partial charge in [-0.1, -0.05) is 140 Å². The van der Waals surface area contributed by atoms with Gasteiger partial charge in [-0.05, 0) is 40.6 Å². The summed E-state index contributed by atoms with van der Waals surface area (Å²) in [6.45, 7) is 0. The molecule has 0 bridgehead atoms. The number of hydrogen-bond donors (Lipinski definition) is 0. The summed E-state index contributed by atoms with van der Waals surface area (Å²) in [5.74, 6) is 1.55. The molecule has 0 fully saturated rings. The Morgan fingerprint density at radius 3 is 1.55 bits per heavy atom. The number of benzene rings is 7. The van der Waals surface area contributed by atoms with Crippen LogP contribution in [0.2, 0.25) is 0 Å². The Labute approximate surface area is 283 Å². The van der Waals surface area contributed by atoms with Crippen molar-refractivity contribution in [2.24, 2.45) is 9.98 Å². The van der Waals surface area contributed by atoms with Gasteiger partial charge >= 0.3 is 0 Å². The van der Waals surface area contributed by atoms with Crippen LogP contribution in [0.4, 0.5) is 0 Å². The van der Waals surface area contributed by atoms with Crippen LogP contribution in [0, 0.1) is 0 Å². The minimum atomic E-state index is -0.268. The molecule has 9 aromatic rings. The lowest BCUT2D eigenvalue weighted by Crippen LogP contribution is -2.36. The molecule has 0 radical (unpaired) electrons. The van der Waals surface area contributed by atoms with Crippen molar-refractivity contribution in [2.75, 3.05) is 7.05 Å². The van der Waals surface area contributed by atoms with Gasteiger partial charge in [0, 0.05) is 39.8 Å². The van der Waals surface area contributed by atoms with Gasteiger partial charge in [-0.15, -0.1) is 0 Å². The van der Waals surface area contributed by atoms with Gasteiger partial charge in [-0.3, -0.25) is 4.57 Å². The number of hydrogen-bond acceptors (Lipinski definition) is 3. The maximum Gasteiger partial charge on any atom is 0.234 e. The summed E-state index contributed by atoms with van der Waals surface area (Å²) in [7, 11) is 2.09. The van der Waals surface area contributed by atoms with E-state index in [2.05, 4.69) is 179 Å². The van der Waals surface area contributed by atoms with Gasteiger partial charge in [0.2, 0.25) is 5.96 Å². The topological polar surface area (TPSA) is 37.8 Å². The second kappa shape index (κ2) is 10.8. The van der Waals surface area contributed by atoms with E-state index in [1.807, 2.05) is 6.07 Å². The highest BCUT2D eigenvalue weighted by Crippen LogP contribution is 2.46. The SMILES string of the molecule is CN1C(c2ccccc2)=NC(n2c3ccccc3c3c4ccccc4c4c5ccccc5n(-c5ccccc5)c4c32)=NC1c1ccccc1. The smallest absolute Gasteiger partial charge is 0.234 e. The Bertz CT molecular complexity index is 2770. The number of aromatic nitrogens is 2. The maximum absolute atomic E-state index is 5.50. The van der Waals surface area contributed by atoms with E-state index >= 15 is 0 Å². The highest BCUT2D eigenvalue weighted by atomic mass is 15.4. The van der Waals surface area contributed by atoms with Crippen molar-refractivity contribution < 1.29 is 0 Å². The van der Waals surface area contributed by atoms with Crippen LogP contribution < -0.4 is 0 Å². The molecule has 49 heavy (non-hydrogen) atoms. The van der Waals surface area contributed by atoms with E-state index in [9.17, 15) is 0 Å². The van der Waals surface area contributed by atoms with Crippen LogP contribution in [0.5, 0.6) is 0 Å². The lowest BCUT2D eigenvalue weighted by atomic mass is 9.98. The molecule has 5 nitrogen and oxygen atoms in total. The van der Waals surface area contributed by atoms with Crippen LogP contribution in [0.3, 0.4) is 0 Å². The van der Waals surface area contributed by atoms with Crippen molar-refractivity contribution >= 4 is 66.2 Å². The van der Waals surface area contributed by atoms with Crippen molar-refractivity contribution in [2.45, 2.75) is 6.17 Å². The van der Waals surface area contributed by atoms with Gasteiger partial charge in [0.15, 0.2) is 6.17 Å². The molecule has 0 amide bonds. The van der Waals surface area contributed by atoms with Gasteiger partial charge in [0.25, 0.3) is 0 Å². The molecule has 0 saturated heterocycles. The fourth-order valence-corrected chi connectivity index (χ4v) is 7.85. The summed E-state index contributed by atoms with van der Waals surface area (Å²) in [6.07, 6.45) is -0.268. The second-order valence-corrected chi connectivity index (χ2v) is 12.7. The summed E-state index contributed by atoms with van der Waals surface area (Å²) in [4.78, 5) is 13.1. The van der Waals surface area contributed by atoms with Crippen molar-refractivity contribution in [1.82, 2.24) is 14.0 Å². The minimum absolute atomic E-state index is 0.268. The molecule has 0 aliphatic carbocycles.